The summed E-state index contributed by atoms with van der Waals surface area (Å²) in [5, 5.41) is 7.41. The van der Waals surface area contributed by atoms with Gasteiger partial charge >= 0.3 is 0 Å². The van der Waals surface area contributed by atoms with Crippen molar-refractivity contribution in [3.8, 4) is 0 Å². The van der Waals surface area contributed by atoms with E-state index in [1.54, 1.807) is 11.8 Å². The van der Waals surface area contributed by atoms with Gasteiger partial charge in [-0.25, -0.2) is 0 Å². The van der Waals surface area contributed by atoms with Crippen LogP contribution in [-0.4, -0.2) is 57.3 Å². The molecule has 0 spiro atoms. The van der Waals surface area contributed by atoms with E-state index in [9.17, 15) is 0 Å². The third-order valence-electron chi connectivity index (χ3n) is 3.63. The van der Waals surface area contributed by atoms with Crippen molar-refractivity contribution in [2.45, 2.75) is 30.8 Å². The van der Waals surface area contributed by atoms with Crippen LogP contribution >= 0.6 is 47.3 Å². The van der Waals surface area contributed by atoms with Crippen molar-refractivity contribution in [2.24, 2.45) is 4.99 Å². The van der Waals surface area contributed by atoms with Crippen LogP contribution < -0.4 is 10.6 Å². The third kappa shape index (κ3) is 10.2. The van der Waals surface area contributed by atoms with Gasteiger partial charge in [0.2, 0.25) is 0 Å². The normalized spacial score (nSPS) is 17.0. The first kappa shape index (κ1) is 23.8. The summed E-state index contributed by atoms with van der Waals surface area (Å²) >= 11 is 7.70. The van der Waals surface area contributed by atoms with E-state index in [4.69, 9.17) is 21.1 Å². The molecule has 0 aromatic heterocycles. The van der Waals surface area contributed by atoms with E-state index >= 15 is 0 Å². The van der Waals surface area contributed by atoms with Crippen LogP contribution in [0.15, 0.2) is 34.2 Å². The smallest absolute Gasteiger partial charge is 0.191 e. The van der Waals surface area contributed by atoms with Crippen molar-refractivity contribution in [2.75, 3.05) is 45.2 Å². The second-order valence-electron chi connectivity index (χ2n) is 5.70. The molecule has 0 amide bonds. The van der Waals surface area contributed by atoms with Crippen LogP contribution in [-0.2, 0) is 9.47 Å². The van der Waals surface area contributed by atoms with E-state index in [0.29, 0.717) is 0 Å². The van der Waals surface area contributed by atoms with Gasteiger partial charge in [-0.2, -0.15) is 0 Å². The van der Waals surface area contributed by atoms with Crippen molar-refractivity contribution < 1.29 is 9.47 Å². The van der Waals surface area contributed by atoms with E-state index in [-0.39, 0.29) is 30.1 Å². The summed E-state index contributed by atoms with van der Waals surface area (Å²) < 4.78 is 11.0. The molecule has 1 aliphatic heterocycles. The highest BCUT2D eigenvalue weighted by atomic mass is 127. The predicted octanol–water partition coefficient (Wildman–Crippen LogP) is 3.80. The van der Waals surface area contributed by atoms with Crippen molar-refractivity contribution in [1.29, 1.82) is 0 Å². The maximum absolute atomic E-state index is 5.90. The molecule has 2 N–H and O–H groups in total. The minimum absolute atomic E-state index is 0. The summed E-state index contributed by atoms with van der Waals surface area (Å²) in [6.45, 7) is 6.84. The number of thioether (sulfide) groups is 1. The topological polar surface area (TPSA) is 54.9 Å². The second-order valence-corrected chi connectivity index (χ2v) is 7.30. The van der Waals surface area contributed by atoms with Gasteiger partial charge in [0.25, 0.3) is 0 Å². The van der Waals surface area contributed by atoms with Gasteiger partial charge in [0.1, 0.15) is 0 Å². The summed E-state index contributed by atoms with van der Waals surface area (Å²) in [6, 6.07) is 7.93. The highest BCUT2D eigenvalue weighted by Crippen LogP contribution is 2.19. The lowest BCUT2D eigenvalue weighted by molar-refractivity contribution is 0.0424. The molecule has 1 atom stereocenters. The fourth-order valence-electron chi connectivity index (χ4n) is 2.36. The molecule has 148 valence electrons. The highest BCUT2D eigenvalue weighted by Gasteiger charge is 2.15. The van der Waals surface area contributed by atoms with Gasteiger partial charge in [-0.1, -0.05) is 11.6 Å². The van der Waals surface area contributed by atoms with Crippen molar-refractivity contribution in [1.82, 2.24) is 10.6 Å². The van der Waals surface area contributed by atoms with Gasteiger partial charge in [-0.15, -0.1) is 35.7 Å². The Hall–Kier alpha value is -0.220. The molecule has 0 bridgehead atoms. The number of halogens is 2. The molecule has 1 aliphatic rings. The average Bonchev–Trinajstić information content (AvgIpc) is 3.13. The molecule has 0 radical (unpaired) electrons. The lowest BCUT2D eigenvalue weighted by atomic mass is 10.3. The van der Waals surface area contributed by atoms with E-state index < -0.39 is 0 Å². The first-order chi connectivity index (χ1) is 12.3. The minimum Gasteiger partial charge on any atom is -0.379 e. The quantitative estimate of drug-likeness (QED) is 0.164. The van der Waals surface area contributed by atoms with Gasteiger partial charge in [0.05, 0.1) is 12.7 Å². The van der Waals surface area contributed by atoms with Gasteiger partial charge in [0.15, 0.2) is 5.96 Å². The van der Waals surface area contributed by atoms with E-state index in [1.165, 1.54) is 4.90 Å². The molecule has 2 rings (SSSR count). The molecule has 0 aliphatic carbocycles. The van der Waals surface area contributed by atoms with E-state index in [0.717, 1.165) is 69.0 Å². The summed E-state index contributed by atoms with van der Waals surface area (Å²) in [5.41, 5.74) is 0. The lowest BCUT2D eigenvalue weighted by Gasteiger charge is -2.12. The number of hydrogen-bond donors (Lipinski definition) is 2. The fraction of sp³-hybridized carbons (Fsp3) is 0.611. The van der Waals surface area contributed by atoms with Crippen molar-refractivity contribution >= 4 is 53.3 Å². The maximum atomic E-state index is 5.90. The van der Waals surface area contributed by atoms with Crippen LogP contribution in [0.25, 0.3) is 0 Å². The average molecular weight is 514 g/mol. The number of hydrogen-bond acceptors (Lipinski definition) is 4. The number of rotatable bonds is 10. The van der Waals surface area contributed by atoms with Gasteiger partial charge in [0, 0.05) is 48.5 Å². The maximum Gasteiger partial charge on any atom is 0.191 e. The zero-order valence-electron chi connectivity index (χ0n) is 15.2. The first-order valence-corrected chi connectivity index (χ1v) is 10.2. The number of guanidine groups is 1. The first-order valence-electron chi connectivity index (χ1n) is 8.88. The Morgan fingerprint density at radius 1 is 1.35 bits per heavy atom. The summed E-state index contributed by atoms with van der Waals surface area (Å²) in [6.07, 6.45) is 2.21. The Labute approximate surface area is 183 Å². The Morgan fingerprint density at radius 3 is 2.85 bits per heavy atom. The summed E-state index contributed by atoms with van der Waals surface area (Å²) in [7, 11) is 0. The Balaban J connectivity index is 0.00000338. The Morgan fingerprint density at radius 2 is 2.15 bits per heavy atom. The third-order valence-corrected chi connectivity index (χ3v) is 4.90. The molecular weight excluding hydrogens is 485 g/mol. The van der Waals surface area contributed by atoms with Gasteiger partial charge in [-0.05, 0) is 44.0 Å². The number of benzene rings is 1. The van der Waals surface area contributed by atoms with Crippen LogP contribution in [0.1, 0.15) is 19.8 Å². The molecule has 0 saturated carbocycles. The molecule has 1 saturated heterocycles. The molecule has 1 fully saturated rings. The zero-order chi connectivity index (χ0) is 17.7. The molecule has 5 nitrogen and oxygen atoms in total. The summed E-state index contributed by atoms with van der Waals surface area (Å²) in [5.74, 6) is 1.83. The van der Waals surface area contributed by atoms with Gasteiger partial charge in [-0.3, -0.25) is 4.99 Å². The minimum atomic E-state index is 0. The van der Waals surface area contributed by atoms with Gasteiger partial charge < -0.3 is 20.1 Å². The Bertz CT molecular complexity index is 514. The number of ether oxygens (including phenoxy) is 2. The number of aliphatic imine (C=N–C) groups is 1. The predicted molar refractivity (Wildman–Crippen MR) is 121 cm³/mol. The lowest BCUT2D eigenvalue weighted by Crippen LogP contribution is -2.38. The second kappa shape index (κ2) is 14.8. The van der Waals surface area contributed by atoms with E-state index in [1.807, 2.05) is 24.3 Å². The zero-order valence-corrected chi connectivity index (χ0v) is 19.1. The largest absolute Gasteiger partial charge is 0.379 e. The van der Waals surface area contributed by atoms with Crippen LogP contribution in [0.4, 0.5) is 0 Å². The molecule has 26 heavy (non-hydrogen) atoms. The molecule has 1 heterocycles. The van der Waals surface area contributed by atoms with Crippen LogP contribution in [0.5, 0.6) is 0 Å². The molecule has 1 unspecified atom stereocenters. The molecule has 1 aromatic carbocycles. The standard InChI is InChI=1S/C18H28ClN3O2S.HI/c1-2-20-18(21-9-3-11-24-16-8-12-23-14-16)22-10-13-25-17-6-4-15(19)5-7-17;/h4-7,16H,2-3,8-14H2,1H3,(H2,20,21,22);1H. The highest BCUT2D eigenvalue weighted by molar-refractivity contribution is 14.0. The van der Waals surface area contributed by atoms with Crippen LogP contribution in [0.3, 0.4) is 0 Å². The summed E-state index contributed by atoms with van der Waals surface area (Å²) in [4.78, 5) is 5.81. The number of nitrogens with one attached hydrogen (secondary N) is 2. The fourth-order valence-corrected chi connectivity index (χ4v) is 3.25. The van der Waals surface area contributed by atoms with Crippen LogP contribution in [0, 0.1) is 0 Å². The van der Waals surface area contributed by atoms with E-state index in [2.05, 4.69) is 22.5 Å². The molecule has 8 heteroatoms. The Kier molecular flexibility index (Phi) is 13.5. The van der Waals surface area contributed by atoms with Crippen molar-refractivity contribution in [3.63, 3.8) is 0 Å². The SMILES string of the molecule is CCNC(=NCCCOC1CCOC1)NCCSc1ccc(Cl)cc1.I. The monoisotopic (exact) mass is 513 g/mol. The van der Waals surface area contributed by atoms with Crippen molar-refractivity contribution in [3.05, 3.63) is 29.3 Å². The molecule has 1 aromatic rings. The van der Waals surface area contributed by atoms with Crippen LogP contribution in [0.2, 0.25) is 5.02 Å². The number of nitrogens with zero attached hydrogens (tertiary/aromatic N) is 1. The molecular formula is C18H29ClIN3O2S.